The van der Waals surface area contributed by atoms with E-state index in [1.54, 1.807) is 30.6 Å². The van der Waals surface area contributed by atoms with Gasteiger partial charge in [-0.2, -0.15) is 4.31 Å². The third-order valence-corrected chi connectivity index (χ3v) is 6.47. The van der Waals surface area contributed by atoms with Crippen LogP contribution in [0.2, 0.25) is 0 Å². The highest BCUT2D eigenvalue weighted by Gasteiger charge is 2.30. The minimum absolute atomic E-state index is 0.0680. The molecule has 0 spiro atoms. The van der Waals surface area contributed by atoms with Crippen LogP contribution in [0.1, 0.15) is 18.9 Å². The normalized spacial score (nSPS) is 13.2. The molecule has 6 heteroatoms. The van der Waals surface area contributed by atoms with Crippen LogP contribution in [-0.2, 0) is 16.6 Å². The van der Waals surface area contributed by atoms with Crippen LogP contribution in [-0.4, -0.2) is 35.5 Å². The Morgan fingerprint density at radius 2 is 1.85 bits per heavy atom. The molecule has 0 bridgehead atoms. The van der Waals surface area contributed by atoms with Crippen molar-refractivity contribution in [3.05, 3.63) is 72.6 Å². The number of aromatic nitrogens is 1. The molecule has 0 aliphatic heterocycles. The molecule has 0 aliphatic carbocycles. The summed E-state index contributed by atoms with van der Waals surface area (Å²) in [5, 5.41) is 10.8. The van der Waals surface area contributed by atoms with Crippen molar-refractivity contribution in [2.24, 2.45) is 0 Å². The van der Waals surface area contributed by atoms with Crippen molar-refractivity contribution in [1.82, 2.24) is 9.29 Å². The lowest BCUT2D eigenvalue weighted by Gasteiger charge is -2.28. The molecule has 1 heterocycles. The number of rotatable bonds is 7. The first kappa shape index (κ1) is 18.5. The number of sulfonamides is 1. The molecule has 1 N–H and O–H groups in total. The Hall–Kier alpha value is -2.28. The Kier molecular flexibility index (Phi) is 5.66. The highest BCUT2D eigenvalue weighted by atomic mass is 32.2. The highest BCUT2D eigenvalue weighted by Crippen LogP contribution is 2.28. The van der Waals surface area contributed by atoms with E-state index in [-0.39, 0.29) is 24.1 Å². The largest absolute Gasteiger partial charge is 0.396 e. The second-order valence-corrected chi connectivity index (χ2v) is 8.11. The molecule has 136 valence electrons. The van der Waals surface area contributed by atoms with Crippen LogP contribution in [0.25, 0.3) is 10.8 Å². The molecular formula is C20H22N2O3S. The quantitative estimate of drug-likeness (QED) is 0.693. The summed E-state index contributed by atoms with van der Waals surface area (Å²) in [5.74, 6) is 0. The topological polar surface area (TPSA) is 70.5 Å². The number of aliphatic hydroxyl groups excluding tert-OH is 1. The summed E-state index contributed by atoms with van der Waals surface area (Å²) in [6, 6.07) is 16.1. The van der Waals surface area contributed by atoms with Crippen LogP contribution >= 0.6 is 0 Å². The van der Waals surface area contributed by atoms with Crippen molar-refractivity contribution in [2.75, 3.05) is 6.61 Å². The van der Waals surface area contributed by atoms with E-state index in [9.17, 15) is 13.5 Å². The van der Waals surface area contributed by atoms with Gasteiger partial charge in [0, 0.05) is 42.4 Å². The number of fused-ring (bicyclic) bond motifs is 1. The van der Waals surface area contributed by atoms with Crippen LogP contribution in [0.3, 0.4) is 0 Å². The molecular weight excluding hydrogens is 348 g/mol. The number of aliphatic hydroxyl groups is 1. The fourth-order valence-corrected chi connectivity index (χ4v) is 4.88. The van der Waals surface area contributed by atoms with Crippen molar-refractivity contribution in [3.63, 3.8) is 0 Å². The summed E-state index contributed by atoms with van der Waals surface area (Å²) in [6.07, 6.45) is 3.63. The van der Waals surface area contributed by atoms with E-state index in [2.05, 4.69) is 4.98 Å². The maximum atomic E-state index is 13.5. The summed E-state index contributed by atoms with van der Waals surface area (Å²) in [5.41, 5.74) is 0.905. The molecule has 3 rings (SSSR count). The smallest absolute Gasteiger partial charge is 0.244 e. The molecule has 26 heavy (non-hydrogen) atoms. The van der Waals surface area contributed by atoms with E-state index in [0.29, 0.717) is 11.8 Å². The van der Waals surface area contributed by atoms with Gasteiger partial charge in [0.05, 0.1) is 4.90 Å². The zero-order valence-electron chi connectivity index (χ0n) is 14.6. The van der Waals surface area contributed by atoms with Gasteiger partial charge in [-0.05, 0) is 31.0 Å². The van der Waals surface area contributed by atoms with Crippen LogP contribution < -0.4 is 0 Å². The lowest BCUT2D eigenvalue weighted by molar-refractivity contribution is 0.230. The van der Waals surface area contributed by atoms with E-state index in [1.807, 2.05) is 43.3 Å². The highest BCUT2D eigenvalue weighted by molar-refractivity contribution is 7.89. The summed E-state index contributed by atoms with van der Waals surface area (Å²) in [4.78, 5) is 4.33. The lowest BCUT2D eigenvalue weighted by Crippen LogP contribution is -2.38. The average Bonchev–Trinajstić information content (AvgIpc) is 2.66. The number of pyridine rings is 1. The van der Waals surface area contributed by atoms with Crippen molar-refractivity contribution in [1.29, 1.82) is 0 Å². The average molecular weight is 370 g/mol. The molecule has 0 radical (unpaired) electrons. The Morgan fingerprint density at radius 1 is 1.08 bits per heavy atom. The molecule has 3 aromatic rings. The Morgan fingerprint density at radius 3 is 2.58 bits per heavy atom. The summed E-state index contributed by atoms with van der Waals surface area (Å²) in [6.45, 7) is 2.01. The Bertz CT molecular complexity index is 969. The van der Waals surface area contributed by atoms with Gasteiger partial charge >= 0.3 is 0 Å². The van der Waals surface area contributed by atoms with Gasteiger partial charge in [0.15, 0.2) is 0 Å². The zero-order chi connectivity index (χ0) is 18.6. The van der Waals surface area contributed by atoms with Gasteiger partial charge in [-0.25, -0.2) is 8.42 Å². The molecule has 0 saturated carbocycles. The lowest BCUT2D eigenvalue weighted by atomic mass is 10.2. The maximum Gasteiger partial charge on any atom is 0.244 e. The first-order chi connectivity index (χ1) is 12.5. The summed E-state index contributed by atoms with van der Waals surface area (Å²) >= 11 is 0. The van der Waals surface area contributed by atoms with Crippen molar-refractivity contribution < 1.29 is 13.5 Å². The van der Waals surface area contributed by atoms with E-state index < -0.39 is 10.0 Å². The van der Waals surface area contributed by atoms with Gasteiger partial charge in [-0.1, -0.05) is 42.5 Å². The first-order valence-corrected chi connectivity index (χ1v) is 9.97. The standard InChI is InChI=1S/C20H22N2O3S/c1-16(11-13-23)22(15-17-6-3-2-4-7-17)26(24,25)20-9-5-8-18-14-21-12-10-19(18)20/h2-10,12,14,16,23H,11,13,15H2,1H3. The molecule has 1 unspecified atom stereocenters. The van der Waals surface area contributed by atoms with Crippen molar-refractivity contribution >= 4 is 20.8 Å². The predicted octanol–water partition coefficient (Wildman–Crippen LogP) is 3.20. The van der Waals surface area contributed by atoms with Crippen molar-refractivity contribution in [3.8, 4) is 0 Å². The van der Waals surface area contributed by atoms with Gasteiger partial charge in [0.25, 0.3) is 0 Å². The van der Waals surface area contributed by atoms with Gasteiger partial charge in [0.2, 0.25) is 10.0 Å². The summed E-state index contributed by atoms with van der Waals surface area (Å²) < 4.78 is 28.4. The maximum absolute atomic E-state index is 13.5. The molecule has 1 aromatic heterocycles. The molecule has 5 nitrogen and oxygen atoms in total. The summed E-state index contributed by atoms with van der Waals surface area (Å²) in [7, 11) is -3.75. The third kappa shape index (κ3) is 3.77. The van der Waals surface area contributed by atoms with Crippen LogP contribution in [0.4, 0.5) is 0 Å². The number of nitrogens with zero attached hydrogens (tertiary/aromatic N) is 2. The SMILES string of the molecule is CC(CCO)N(Cc1ccccc1)S(=O)(=O)c1cccc2cnccc12. The zero-order valence-corrected chi connectivity index (χ0v) is 15.4. The third-order valence-electron chi connectivity index (χ3n) is 4.45. The van der Waals surface area contributed by atoms with Gasteiger partial charge in [0.1, 0.15) is 0 Å². The molecule has 2 aromatic carbocycles. The molecule has 0 fully saturated rings. The van der Waals surface area contributed by atoms with Crippen LogP contribution in [0.5, 0.6) is 0 Å². The fourth-order valence-electron chi connectivity index (χ4n) is 3.02. The van der Waals surface area contributed by atoms with Gasteiger partial charge < -0.3 is 5.11 Å². The van der Waals surface area contributed by atoms with Crippen molar-refractivity contribution in [2.45, 2.75) is 30.8 Å². The number of benzene rings is 2. The second-order valence-electron chi connectivity index (χ2n) is 6.25. The van der Waals surface area contributed by atoms with E-state index in [4.69, 9.17) is 0 Å². The van der Waals surface area contributed by atoms with Crippen LogP contribution in [0, 0.1) is 0 Å². The molecule has 1 atom stereocenters. The monoisotopic (exact) mass is 370 g/mol. The molecule has 0 saturated heterocycles. The first-order valence-electron chi connectivity index (χ1n) is 8.53. The predicted molar refractivity (Wildman–Crippen MR) is 102 cm³/mol. The minimum atomic E-state index is -3.75. The molecule has 0 aliphatic rings. The van der Waals surface area contributed by atoms with Gasteiger partial charge in [-0.15, -0.1) is 0 Å². The van der Waals surface area contributed by atoms with E-state index in [1.165, 1.54) is 4.31 Å². The van der Waals surface area contributed by atoms with E-state index >= 15 is 0 Å². The van der Waals surface area contributed by atoms with Crippen LogP contribution in [0.15, 0.2) is 71.9 Å². The molecule has 0 amide bonds. The van der Waals surface area contributed by atoms with E-state index in [0.717, 1.165) is 10.9 Å². The Balaban J connectivity index is 2.08. The second kappa shape index (κ2) is 7.95. The fraction of sp³-hybridized carbons (Fsp3) is 0.250. The number of hydrogen-bond acceptors (Lipinski definition) is 4. The Labute approximate surface area is 154 Å². The number of hydrogen-bond donors (Lipinski definition) is 1. The minimum Gasteiger partial charge on any atom is -0.396 e. The van der Waals surface area contributed by atoms with Gasteiger partial charge in [-0.3, -0.25) is 4.98 Å².